The van der Waals surface area contributed by atoms with Gasteiger partial charge >= 0.3 is 6.18 Å². The molecule has 0 aromatic heterocycles. The monoisotopic (exact) mass is 226 g/mol. The zero-order valence-corrected chi connectivity index (χ0v) is 8.76. The number of ether oxygens (including phenoxy) is 1. The summed E-state index contributed by atoms with van der Waals surface area (Å²) in [5.74, 6) is 0.195. The van der Waals surface area contributed by atoms with Crippen molar-refractivity contribution in [3.63, 3.8) is 0 Å². The number of rotatable bonds is 4. The lowest BCUT2D eigenvalue weighted by molar-refractivity contribution is -0.143. The van der Waals surface area contributed by atoms with Crippen LogP contribution in [-0.4, -0.2) is 50.5 Å². The molecule has 1 aliphatic heterocycles. The highest BCUT2D eigenvalue weighted by molar-refractivity contribution is 4.79. The van der Waals surface area contributed by atoms with Crippen LogP contribution in [0, 0.1) is 5.92 Å². The van der Waals surface area contributed by atoms with Gasteiger partial charge in [0, 0.05) is 25.1 Å². The molecule has 0 amide bonds. The van der Waals surface area contributed by atoms with Gasteiger partial charge in [0.05, 0.1) is 13.2 Å². The zero-order valence-electron chi connectivity index (χ0n) is 8.76. The Morgan fingerprint density at radius 2 is 2.20 bits per heavy atom. The first-order valence-corrected chi connectivity index (χ1v) is 4.97. The van der Waals surface area contributed by atoms with Gasteiger partial charge in [0.15, 0.2) is 0 Å². The highest BCUT2D eigenvalue weighted by atomic mass is 19.4. The van der Waals surface area contributed by atoms with E-state index in [0.29, 0.717) is 13.2 Å². The van der Waals surface area contributed by atoms with E-state index in [1.54, 1.807) is 0 Å². The predicted octanol–water partition coefficient (Wildman–Crippen LogP) is 0.844. The average molecular weight is 226 g/mol. The lowest BCUT2D eigenvalue weighted by atomic mass is 10.00. The highest BCUT2D eigenvalue weighted by Gasteiger charge is 2.31. The lowest BCUT2D eigenvalue weighted by Crippen LogP contribution is -2.43. The first-order valence-electron chi connectivity index (χ1n) is 4.97. The largest absolute Gasteiger partial charge is 0.401 e. The fourth-order valence-electron chi connectivity index (χ4n) is 1.77. The van der Waals surface area contributed by atoms with Crippen LogP contribution in [0.1, 0.15) is 6.42 Å². The molecule has 3 nitrogen and oxygen atoms in total. The molecule has 1 fully saturated rings. The Labute approximate surface area is 87.4 Å². The third-order valence-electron chi connectivity index (χ3n) is 2.54. The van der Waals surface area contributed by atoms with Gasteiger partial charge in [-0.15, -0.1) is 0 Å². The van der Waals surface area contributed by atoms with E-state index in [1.807, 2.05) is 0 Å². The van der Waals surface area contributed by atoms with E-state index in [1.165, 1.54) is 11.9 Å². The highest BCUT2D eigenvalue weighted by Crippen LogP contribution is 2.18. The van der Waals surface area contributed by atoms with Crippen LogP contribution in [0.3, 0.4) is 0 Å². The molecule has 6 heteroatoms. The molecule has 2 atom stereocenters. The smallest absolute Gasteiger partial charge is 0.381 e. The fourth-order valence-corrected chi connectivity index (χ4v) is 1.77. The Morgan fingerprint density at radius 3 is 2.67 bits per heavy atom. The third-order valence-corrected chi connectivity index (χ3v) is 2.54. The van der Waals surface area contributed by atoms with Crippen molar-refractivity contribution in [1.82, 2.24) is 4.90 Å². The van der Waals surface area contributed by atoms with E-state index < -0.39 is 12.7 Å². The van der Waals surface area contributed by atoms with E-state index in [2.05, 4.69) is 0 Å². The third kappa shape index (κ3) is 4.81. The van der Waals surface area contributed by atoms with Crippen LogP contribution in [0.25, 0.3) is 0 Å². The second-order valence-electron chi connectivity index (χ2n) is 4.10. The molecule has 90 valence electrons. The summed E-state index contributed by atoms with van der Waals surface area (Å²) in [7, 11) is 1.43. The summed E-state index contributed by atoms with van der Waals surface area (Å²) in [5, 5.41) is 0. The van der Waals surface area contributed by atoms with Gasteiger partial charge < -0.3 is 10.5 Å². The molecular formula is C9H17F3N2O. The minimum absolute atomic E-state index is 0.195. The first kappa shape index (κ1) is 12.7. The average Bonchev–Trinajstić information content (AvgIpc) is 2.50. The van der Waals surface area contributed by atoms with Gasteiger partial charge in [-0.25, -0.2) is 0 Å². The summed E-state index contributed by atoms with van der Waals surface area (Å²) in [4.78, 5) is 1.21. The Balaban J connectivity index is 2.27. The zero-order chi connectivity index (χ0) is 11.5. The number of halogens is 3. The Kier molecular flexibility index (Phi) is 4.36. The molecule has 0 radical (unpaired) electrons. The van der Waals surface area contributed by atoms with E-state index in [4.69, 9.17) is 10.5 Å². The second kappa shape index (κ2) is 5.14. The quantitative estimate of drug-likeness (QED) is 0.772. The molecular weight excluding hydrogens is 209 g/mol. The summed E-state index contributed by atoms with van der Waals surface area (Å²) in [5.41, 5.74) is 5.81. The molecule has 1 aliphatic rings. The molecule has 0 bridgehead atoms. The summed E-state index contributed by atoms with van der Waals surface area (Å²) >= 11 is 0. The number of hydrogen-bond acceptors (Lipinski definition) is 3. The molecule has 1 saturated heterocycles. The van der Waals surface area contributed by atoms with Crippen molar-refractivity contribution in [2.75, 3.05) is 33.4 Å². The number of alkyl halides is 3. The van der Waals surface area contributed by atoms with Gasteiger partial charge in [0.25, 0.3) is 0 Å². The van der Waals surface area contributed by atoms with Crippen LogP contribution in [-0.2, 0) is 4.74 Å². The van der Waals surface area contributed by atoms with E-state index >= 15 is 0 Å². The van der Waals surface area contributed by atoms with E-state index in [9.17, 15) is 13.2 Å². The van der Waals surface area contributed by atoms with Crippen molar-refractivity contribution in [3.05, 3.63) is 0 Å². The maximum absolute atomic E-state index is 12.0. The SMILES string of the molecule is CN(CC(N)C1CCOC1)CC(F)(F)F. The molecule has 2 N–H and O–H groups in total. The first-order chi connectivity index (χ1) is 6.88. The maximum Gasteiger partial charge on any atom is 0.401 e. The molecule has 15 heavy (non-hydrogen) atoms. The Morgan fingerprint density at radius 1 is 1.53 bits per heavy atom. The van der Waals surface area contributed by atoms with Crippen molar-refractivity contribution in [3.8, 4) is 0 Å². The van der Waals surface area contributed by atoms with Crippen molar-refractivity contribution in [2.24, 2.45) is 11.7 Å². The van der Waals surface area contributed by atoms with Crippen molar-refractivity contribution >= 4 is 0 Å². The molecule has 2 unspecified atom stereocenters. The van der Waals surface area contributed by atoms with Crippen molar-refractivity contribution < 1.29 is 17.9 Å². The van der Waals surface area contributed by atoms with Gasteiger partial charge in [-0.3, -0.25) is 4.90 Å². The number of hydrogen-bond donors (Lipinski definition) is 1. The summed E-state index contributed by atoms with van der Waals surface area (Å²) < 4.78 is 41.2. The van der Waals surface area contributed by atoms with Crippen LogP contribution >= 0.6 is 0 Å². The standard InChI is InChI=1S/C9H17F3N2O/c1-14(6-9(10,11)12)4-8(13)7-2-3-15-5-7/h7-8H,2-6,13H2,1H3. The van der Waals surface area contributed by atoms with Crippen molar-refractivity contribution in [2.45, 2.75) is 18.6 Å². The minimum atomic E-state index is -4.15. The van der Waals surface area contributed by atoms with Gasteiger partial charge in [-0.05, 0) is 13.5 Å². The molecule has 0 aliphatic carbocycles. The molecule has 0 aromatic carbocycles. The van der Waals surface area contributed by atoms with Crippen LogP contribution < -0.4 is 5.73 Å². The Hall–Kier alpha value is -0.330. The lowest BCUT2D eigenvalue weighted by Gasteiger charge is -2.25. The number of likely N-dealkylation sites (N-methyl/N-ethyl adjacent to an activating group) is 1. The second-order valence-corrected chi connectivity index (χ2v) is 4.10. The van der Waals surface area contributed by atoms with Gasteiger partial charge in [0.2, 0.25) is 0 Å². The van der Waals surface area contributed by atoms with Crippen LogP contribution in [0.2, 0.25) is 0 Å². The number of nitrogens with two attached hydrogens (primary N) is 1. The topological polar surface area (TPSA) is 38.5 Å². The molecule has 1 heterocycles. The maximum atomic E-state index is 12.0. The minimum Gasteiger partial charge on any atom is -0.381 e. The van der Waals surface area contributed by atoms with Crippen LogP contribution in [0.4, 0.5) is 13.2 Å². The van der Waals surface area contributed by atoms with E-state index in [0.717, 1.165) is 6.42 Å². The molecule has 0 saturated carbocycles. The molecule has 1 rings (SSSR count). The normalized spacial score (nSPS) is 24.8. The summed E-state index contributed by atoms with van der Waals surface area (Å²) in [6.07, 6.45) is -3.30. The summed E-state index contributed by atoms with van der Waals surface area (Å²) in [6, 6.07) is -0.236. The van der Waals surface area contributed by atoms with Gasteiger partial charge in [-0.1, -0.05) is 0 Å². The fraction of sp³-hybridized carbons (Fsp3) is 1.00. The summed E-state index contributed by atoms with van der Waals surface area (Å²) in [6.45, 7) is 0.587. The molecule has 0 aromatic rings. The Bertz CT molecular complexity index is 192. The van der Waals surface area contributed by atoms with Gasteiger partial charge in [0.1, 0.15) is 0 Å². The van der Waals surface area contributed by atoms with Crippen LogP contribution in [0.5, 0.6) is 0 Å². The predicted molar refractivity (Wildman–Crippen MR) is 50.5 cm³/mol. The van der Waals surface area contributed by atoms with Crippen molar-refractivity contribution in [1.29, 1.82) is 0 Å². The number of nitrogens with zero attached hydrogens (tertiary/aromatic N) is 1. The van der Waals surface area contributed by atoms with E-state index in [-0.39, 0.29) is 18.5 Å². The van der Waals surface area contributed by atoms with Gasteiger partial charge in [-0.2, -0.15) is 13.2 Å². The van der Waals surface area contributed by atoms with Crippen LogP contribution in [0.15, 0.2) is 0 Å². The molecule has 0 spiro atoms.